The van der Waals surface area contributed by atoms with Gasteiger partial charge >= 0.3 is 0 Å². The molecule has 4 heteroatoms. The predicted octanol–water partition coefficient (Wildman–Crippen LogP) is 0.903. The minimum Gasteiger partial charge on any atom is -0.390 e. The molecule has 1 amide bonds. The molecule has 0 radical (unpaired) electrons. The summed E-state index contributed by atoms with van der Waals surface area (Å²) in [6.45, 7) is 2.82. The number of carbonyl (C=O) groups is 1. The van der Waals surface area contributed by atoms with Gasteiger partial charge in [0.15, 0.2) is 0 Å². The molecule has 19 heavy (non-hydrogen) atoms. The van der Waals surface area contributed by atoms with Crippen molar-refractivity contribution in [2.75, 3.05) is 6.54 Å². The van der Waals surface area contributed by atoms with Gasteiger partial charge in [0, 0.05) is 6.42 Å². The third-order valence-corrected chi connectivity index (χ3v) is 4.36. The Kier molecular flexibility index (Phi) is 3.07. The Bertz CT molecular complexity index is 495. The van der Waals surface area contributed by atoms with E-state index in [1.807, 2.05) is 31.2 Å². The van der Waals surface area contributed by atoms with Crippen molar-refractivity contribution in [1.29, 1.82) is 0 Å². The van der Waals surface area contributed by atoms with Crippen LogP contribution in [0.2, 0.25) is 0 Å². The smallest absolute Gasteiger partial charge is 0.240 e. The normalized spacial score (nSPS) is 33.2. The average molecular weight is 260 g/mol. The first kappa shape index (κ1) is 12.6. The number of aliphatic hydroxyl groups is 1. The highest BCUT2D eigenvalue weighted by molar-refractivity contribution is 5.86. The van der Waals surface area contributed by atoms with Crippen molar-refractivity contribution in [2.45, 2.75) is 43.9 Å². The number of hydrogen-bond donors (Lipinski definition) is 3. The summed E-state index contributed by atoms with van der Waals surface area (Å²) in [7, 11) is 0. The number of nitrogens with one attached hydrogen (secondary N) is 2. The zero-order valence-electron chi connectivity index (χ0n) is 11.1. The fraction of sp³-hybridized carbons (Fsp3) is 0.533. The lowest BCUT2D eigenvalue weighted by atomic mass is 9.98. The molecule has 1 unspecified atom stereocenters. The maximum Gasteiger partial charge on any atom is 0.240 e. The van der Waals surface area contributed by atoms with E-state index in [4.69, 9.17) is 0 Å². The summed E-state index contributed by atoms with van der Waals surface area (Å²) in [6.07, 6.45) is 1.97. The lowest BCUT2D eigenvalue weighted by Gasteiger charge is -2.27. The molecule has 4 nitrogen and oxygen atoms in total. The molecular weight excluding hydrogens is 240 g/mol. The van der Waals surface area contributed by atoms with Gasteiger partial charge in [-0.3, -0.25) is 4.79 Å². The Hall–Kier alpha value is -1.39. The van der Waals surface area contributed by atoms with E-state index in [1.54, 1.807) is 0 Å². The largest absolute Gasteiger partial charge is 0.390 e. The second-order valence-corrected chi connectivity index (χ2v) is 5.78. The molecule has 2 aliphatic rings. The van der Waals surface area contributed by atoms with Gasteiger partial charge in [-0.1, -0.05) is 24.3 Å². The van der Waals surface area contributed by atoms with Gasteiger partial charge in [-0.05, 0) is 37.4 Å². The molecule has 3 N–H and O–H groups in total. The minimum absolute atomic E-state index is 0.00856. The van der Waals surface area contributed by atoms with Crippen LogP contribution < -0.4 is 10.6 Å². The maximum atomic E-state index is 12.4. The van der Waals surface area contributed by atoms with E-state index in [2.05, 4.69) is 10.6 Å². The van der Waals surface area contributed by atoms with Gasteiger partial charge in [-0.25, -0.2) is 0 Å². The standard InChI is InChI=1S/C15H20N2O2/c1-15(7-4-8-16-15)14(19)17-13-11-6-3-2-5-10(11)9-12(13)18/h2-3,5-6,12-13,16,18H,4,7-9H2,1H3,(H,17,19)/t12-,13+,15?/m0/s1. The van der Waals surface area contributed by atoms with Gasteiger partial charge in [-0.15, -0.1) is 0 Å². The number of aliphatic hydroxyl groups excluding tert-OH is 1. The van der Waals surface area contributed by atoms with Crippen molar-refractivity contribution in [2.24, 2.45) is 0 Å². The molecule has 1 aliphatic carbocycles. The van der Waals surface area contributed by atoms with Crippen LogP contribution in [0.5, 0.6) is 0 Å². The van der Waals surface area contributed by atoms with Crippen molar-refractivity contribution in [3.05, 3.63) is 35.4 Å². The molecule has 1 heterocycles. The van der Waals surface area contributed by atoms with Gasteiger partial charge in [0.25, 0.3) is 0 Å². The summed E-state index contributed by atoms with van der Waals surface area (Å²) in [5.74, 6) is -0.00856. The van der Waals surface area contributed by atoms with Crippen LogP contribution in [0.1, 0.15) is 36.9 Å². The molecule has 0 bridgehead atoms. The van der Waals surface area contributed by atoms with Gasteiger partial charge in [0.2, 0.25) is 5.91 Å². The maximum absolute atomic E-state index is 12.4. The van der Waals surface area contributed by atoms with Crippen molar-refractivity contribution < 1.29 is 9.90 Å². The van der Waals surface area contributed by atoms with E-state index >= 15 is 0 Å². The molecule has 1 aliphatic heterocycles. The van der Waals surface area contributed by atoms with E-state index in [0.717, 1.165) is 30.5 Å². The molecule has 1 aromatic rings. The van der Waals surface area contributed by atoms with Crippen molar-refractivity contribution in [1.82, 2.24) is 10.6 Å². The number of hydrogen-bond acceptors (Lipinski definition) is 3. The van der Waals surface area contributed by atoms with Crippen LogP contribution in [-0.2, 0) is 11.2 Å². The summed E-state index contributed by atoms with van der Waals surface area (Å²) in [5.41, 5.74) is 1.69. The Morgan fingerprint density at radius 3 is 3.00 bits per heavy atom. The fourth-order valence-corrected chi connectivity index (χ4v) is 3.14. The molecule has 0 aromatic heterocycles. The van der Waals surface area contributed by atoms with Gasteiger partial charge in [0.05, 0.1) is 17.7 Å². The monoisotopic (exact) mass is 260 g/mol. The van der Waals surface area contributed by atoms with Crippen LogP contribution in [0, 0.1) is 0 Å². The van der Waals surface area contributed by atoms with Crippen molar-refractivity contribution in [3.63, 3.8) is 0 Å². The fourth-order valence-electron chi connectivity index (χ4n) is 3.14. The van der Waals surface area contributed by atoms with Gasteiger partial charge < -0.3 is 15.7 Å². The van der Waals surface area contributed by atoms with Crippen LogP contribution in [0.3, 0.4) is 0 Å². The third-order valence-electron chi connectivity index (χ3n) is 4.36. The van der Waals surface area contributed by atoms with Gasteiger partial charge in [0.1, 0.15) is 0 Å². The summed E-state index contributed by atoms with van der Waals surface area (Å²) in [5, 5.41) is 16.4. The Morgan fingerprint density at radius 2 is 2.26 bits per heavy atom. The lowest BCUT2D eigenvalue weighted by Crippen LogP contribution is -2.52. The molecule has 0 saturated carbocycles. The van der Waals surface area contributed by atoms with Crippen LogP contribution in [0.25, 0.3) is 0 Å². The first-order valence-electron chi connectivity index (χ1n) is 6.92. The Morgan fingerprint density at radius 1 is 1.47 bits per heavy atom. The predicted molar refractivity (Wildman–Crippen MR) is 72.7 cm³/mol. The first-order chi connectivity index (χ1) is 9.10. The quantitative estimate of drug-likeness (QED) is 0.740. The number of rotatable bonds is 2. The van der Waals surface area contributed by atoms with E-state index in [-0.39, 0.29) is 11.9 Å². The van der Waals surface area contributed by atoms with E-state index < -0.39 is 11.6 Å². The second-order valence-electron chi connectivity index (χ2n) is 5.78. The summed E-state index contributed by atoms with van der Waals surface area (Å²) < 4.78 is 0. The Labute approximate surface area is 113 Å². The second kappa shape index (κ2) is 4.62. The summed E-state index contributed by atoms with van der Waals surface area (Å²) in [6, 6.07) is 7.64. The number of carbonyl (C=O) groups excluding carboxylic acids is 1. The zero-order valence-corrected chi connectivity index (χ0v) is 11.1. The SMILES string of the molecule is CC1(C(=O)N[C@@H]2c3ccccc3C[C@@H]2O)CCCN1. The topological polar surface area (TPSA) is 61.4 Å². The van der Waals surface area contributed by atoms with Crippen LogP contribution >= 0.6 is 0 Å². The number of fused-ring (bicyclic) bond motifs is 1. The highest BCUT2D eigenvalue weighted by Crippen LogP contribution is 2.32. The van der Waals surface area contributed by atoms with Crippen LogP contribution in [0.15, 0.2) is 24.3 Å². The molecule has 3 rings (SSSR count). The van der Waals surface area contributed by atoms with Crippen molar-refractivity contribution >= 4 is 5.91 Å². The molecule has 1 fully saturated rings. The van der Waals surface area contributed by atoms with Crippen molar-refractivity contribution in [3.8, 4) is 0 Å². The molecule has 1 aromatic carbocycles. The molecule has 3 atom stereocenters. The molecule has 102 valence electrons. The molecule has 1 saturated heterocycles. The van der Waals surface area contributed by atoms with E-state index in [1.165, 1.54) is 0 Å². The highest BCUT2D eigenvalue weighted by Gasteiger charge is 2.39. The van der Waals surface area contributed by atoms with Gasteiger partial charge in [-0.2, -0.15) is 0 Å². The van der Waals surface area contributed by atoms with Crippen LogP contribution in [-0.4, -0.2) is 29.2 Å². The zero-order chi connectivity index (χ0) is 13.5. The lowest BCUT2D eigenvalue weighted by molar-refractivity contribution is -0.128. The molecular formula is C15H20N2O2. The Balaban J connectivity index is 1.78. The first-order valence-corrected chi connectivity index (χ1v) is 6.92. The summed E-state index contributed by atoms with van der Waals surface area (Å²) in [4.78, 5) is 12.4. The summed E-state index contributed by atoms with van der Waals surface area (Å²) >= 11 is 0. The van der Waals surface area contributed by atoms with E-state index in [9.17, 15) is 9.90 Å². The third kappa shape index (κ3) is 2.15. The minimum atomic E-state index is -0.522. The number of amides is 1. The number of benzene rings is 1. The van der Waals surface area contributed by atoms with Crippen LogP contribution in [0.4, 0.5) is 0 Å². The highest BCUT2D eigenvalue weighted by atomic mass is 16.3. The molecule has 0 spiro atoms. The average Bonchev–Trinajstić information content (AvgIpc) is 2.96. The van der Waals surface area contributed by atoms with E-state index in [0.29, 0.717) is 6.42 Å².